The van der Waals surface area contributed by atoms with Crippen molar-refractivity contribution in [1.82, 2.24) is 9.88 Å². The largest absolute Gasteiger partial charge is 0.497 e. The molecule has 2 aromatic carbocycles. The number of carbonyl (C=O) groups is 1. The van der Waals surface area contributed by atoms with Gasteiger partial charge >= 0.3 is 5.97 Å². The van der Waals surface area contributed by atoms with E-state index in [1.165, 1.54) is 5.56 Å². The Bertz CT molecular complexity index is 1150. The van der Waals surface area contributed by atoms with Crippen LogP contribution in [0.25, 0.3) is 10.9 Å². The minimum absolute atomic E-state index is 0.0266. The number of aliphatic carboxylic acids is 1. The van der Waals surface area contributed by atoms with E-state index in [-0.39, 0.29) is 5.92 Å². The molecular formula is C29H35FN2O4. The van der Waals surface area contributed by atoms with Gasteiger partial charge in [0, 0.05) is 18.1 Å². The van der Waals surface area contributed by atoms with Crippen molar-refractivity contribution in [2.75, 3.05) is 33.9 Å². The Balaban J connectivity index is 1.31. The molecule has 4 rings (SSSR count). The molecule has 3 aromatic rings. The van der Waals surface area contributed by atoms with Crippen LogP contribution >= 0.6 is 0 Å². The Hall–Kier alpha value is -3.19. The molecule has 1 N–H and O–H groups in total. The predicted octanol–water partition coefficient (Wildman–Crippen LogP) is 5.70. The molecular weight excluding hydrogens is 459 g/mol. The summed E-state index contributed by atoms with van der Waals surface area (Å²) in [4.78, 5) is 18.6. The van der Waals surface area contributed by atoms with Crippen LogP contribution in [0.4, 0.5) is 4.39 Å². The summed E-state index contributed by atoms with van der Waals surface area (Å²) in [6, 6.07) is 15.2. The summed E-state index contributed by atoms with van der Waals surface area (Å²) in [5.41, 5.74) is 2.56. The van der Waals surface area contributed by atoms with Gasteiger partial charge in [-0.1, -0.05) is 12.1 Å². The molecule has 192 valence electrons. The van der Waals surface area contributed by atoms with E-state index in [0.717, 1.165) is 49.0 Å². The highest BCUT2D eigenvalue weighted by atomic mass is 19.1. The molecule has 6 nitrogen and oxygen atoms in total. The fourth-order valence-corrected chi connectivity index (χ4v) is 5.26. The standard InChI is InChI=1S/C29H35FN2O4/c1-35-22-8-5-20(6-9-22)4-3-16-32-17-14-21(26(19-32)29(33)34)7-11-27(30)24-13-15-31-28-12-10-23(36-2)18-25(24)28/h5-6,8-10,12-13,15,18,21,26-27H,3-4,7,11,14,16-17,19H2,1-2H3,(H,33,34)/t21-,26+,27+/m1/s1. The first-order valence-corrected chi connectivity index (χ1v) is 12.6. The number of aromatic nitrogens is 1. The van der Waals surface area contributed by atoms with Crippen molar-refractivity contribution < 1.29 is 23.8 Å². The van der Waals surface area contributed by atoms with Crippen LogP contribution in [0.2, 0.25) is 0 Å². The van der Waals surface area contributed by atoms with Crippen molar-refractivity contribution in [1.29, 1.82) is 0 Å². The summed E-state index contributed by atoms with van der Waals surface area (Å²) < 4.78 is 25.9. The molecule has 36 heavy (non-hydrogen) atoms. The highest BCUT2D eigenvalue weighted by Gasteiger charge is 2.34. The number of rotatable bonds is 11. The number of carboxylic acids is 1. The molecule has 1 aromatic heterocycles. The van der Waals surface area contributed by atoms with E-state index >= 15 is 4.39 Å². The van der Waals surface area contributed by atoms with Crippen molar-refractivity contribution in [3.8, 4) is 11.5 Å². The van der Waals surface area contributed by atoms with Crippen LogP contribution in [0.3, 0.4) is 0 Å². The summed E-state index contributed by atoms with van der Waals surface area (Å²) >= 11 is 0. The fourth-order valence-electron chi connectivity index (χ4n) is 5.26. The highest BCUT2D eigenvalue weighted by Crippen LogP contribution is 2.35. The van der Waals surface area contributed by atoms with E-state index < -0.39 is 18.1 Å². The fraction of sp³-hybridized carbons (Fsp3) is 0.448. The second-order valence-electron chi connectivity index (χ2n) is 9.57. The third-order valence-corrected chi connectivity index (χ3v) is 7.37. The number of pyridine rings is 1. The van der Waals surface area contributed by atoms with Gasteiger partial charge in [0.1, 0.15) is 17.7 Å². The smallest absolute Gasteiger partial charge is 0.308 e. The van der Waals surface area contributed by atoms with Crippen molar-refractivity contribution in [2.24, 2.45) is 11.8 Å². The molecule has 1 fully saturated rings. The molecule has 7 heteroatoms. The predicted molar refractivity (Wildman–Crippen MR) is 138 cm³/mol. The third-order valence-electron chi connectivity index (χ3n) is 7.37. The number of benzene rings is 2. The minimum Gasteiger partial charge on any atom is -0.497 e. The quantitative estimate of drug-likeness (QED) is 0.369. The Morgan fingerprint density at radius 2 is 1.89 bits per heavy atom. The van der Waals surface area contributed by atoms with Gasteiger partial charge in [-0.2, -0.15) is 0 Å². The molecule has 0 amide bonds. The molecule has 0 unspecified atom stereocenters. The molecule has 0 saturated carbocycles. The zero-order valence-electron chi connectivity index (χ0n) is 21.0. The third kappa shape index (κ3) is 6.32. The maximum absolute atomic E-state index is 15.4. The minimum atomic E-state index is -1.18. The van der Waals surface area contributed by atoms with E-state index in [2.05, 4.69) is 22.0 Å². The Kier molecular flexibility index (Phi) is 8.75. The molecule has 1 aliphatic heterocycles. The second kappa shape index (κ2) is 12.2. The number of likely N-dealkylation sites (tertiary alicyclic amines) is 1. The Labute approximate surface area is 212 Å². The zero-order valence-corrected chi connectivity index (χ0v) is 21.0. The monoisotopic (exact) mass is 494 g/mol. The number of nitrogens with zero attached hydrogens (tertiary/aromatic N) is 2. The van der Waals surface area contributed by atoms with Gasteiger partial charge in [-0.05, 0) is 98.6 Å². The summed E-state index contributed by atoms with van der Waals surface area (Å²) in [7, 11) is 3.24. The summed E-state index contributed by atoms with van der Waals surface area (Å²) in [6.07, 6.45) is 3.97. The lowest BCUT2D eigenvalue weighted by molar-refractivity contribution is -0.146. The van der Waals surface area contributed by atoms with Gasteiger partial charge < -0.3 is 19.5 Å². The van der Waals surface area contributed by atoms with Crippen LogP contribution in [0, 0.1) is 11.8 Å². The number of aryl methyl sites for hydroxylation is 1. The van der Waals surface area contributed by atoms with Crippen LogP contribution in [-0.4, -0.2) is 54.8 Å². The first kappa shape index (κ1) is 25.9. The van der Waals surface area contributed by atoms with E-state index in [9.17, 15) is 9.90 Å². The van der Waals surface area contributed by atoms with Crippen LogP contribution in [0.1, 0.15) is 43.0 Å². The summed E-state index contributed by atoms with van der Waals surface area (Å²) in [6.45, 7) is 2.23. The van der Waals surface area contributed by atoms with E-state index in [0.29, 0.717) is 30.7 Å². The Morgan fingerprint density at radius 3 is 2.61 bits per heavy atom. The van der Waals surface area contributed by atoms with Crippen LogP contribution in [0.15, 0.2) is 54.7 Å². The molecule has 1 saturated heterocycles. The lowest BCUT2D eigenvalue weighted by Crippen LogP contribution is -2.44. The first-order valence-electron chi connectivity index (χ1n) is 12.6. The summed E-state index contributed by atoms with van der Waals surface area (Å²) in [5, 5.41) is 10.6. The van der Waals surface area contributed by atoms with Gasteiger partial charge in [0.25, 0.3) is 0 Å². The van der Waals surface area contributed by atoms with Crippen molar-refractivity contribution in [2.45, 2.75) is 38.3 Å². The van der Waals surface area contributed by atoms with Crippen LogP contribution in [-0.2, 0) is 11.2 Å². The van der Waals surface area contributed by atoms with E-state index in [1.807, 2.05) is 30.3 Å². The van der Waals surface area contributed by atoms with Crippen molar-refractivity contribution >= 4 is 16.9 Å². The Morgan fingerprint density at radius 1 is 1.14 bits per heavy atom. The summed E-state index contributed by atoms with van der Waals surface area (Å²) in [5.74, 6) is 0.225. The number of alkyl halides is 1. The highest BCUT2D eigenvalue weighted by molar-refractivity contribution is 5.83. The zero-order chi connectivity index (χ0) is 25.5. The molecule has 2 heterocycles. The maximum Gasteiger partial charge on any atom is 0.308 e. The SMILES string of the molecule is COc1ccc(CCCN2CC[C@@H](CC[C@H](F)c3ccnc4ccc(OC)cc34)[C@@H](C(=O)O)C2)cc1. The molecule has 1 aliphatic rings. The van der Waals surface area contributed by atoms with Gasteiger partial charge in [0.2, 0.25) is 0 Å². The molecule has 0 spiro atoms. The van der Waals surface area contributed by atoms with E-state index in [4.69, 9.17) is 9.47 Å². The van der Waals surface area contributed by atoms with Crippen molar-refractivity contribution in [3.05, 3.63) is 65.9 Å². The number of fused-ring (bicyclic) bond motifs is 1. The normalized spacial score (nSPS) is 19.2. The number of hydrogen-bond acceptors (Lipinski definition) is 5. The van der Waals surface area contributed by atoms with Crippen LogP contribution < -0.4 is 9.47 Å². The lowest BCUT2D eigenvalue weighted by Gasteiger charge is -2.37. The van der Waals surface area contributed by atoms with Gasteiger partial charge in [0.05, 0.1) is 25.7 Å². The van der Waals surface area contributed by atoms with Crippen LogP contribution in [0.5, 0.6) is 11.5 Å². The number of halogens is 1. The lowest BCUT2D eigenvalue weighted by atomic mass is 9.81. The molecule has 3 atom stereocenters. The number of hydrogen-bond donors (Lipinski definition) is 1. The molecule has 0 bridgehead atoms. The van der Waals surface area contributed by atoms with Gasteiger partial charge in [0.15, 0.2) is 0 Å². The van der Waals surface area contributed by atoms with Crippen molar-refractivity contribution in [3.63, 3.8) is 0 Å². The van der Waals surface area contributed by atoms with E-state index in [1.54, 1.807) is 26.5 Å². The number of methoxy groups -OCH3 is 2. The number of piperidine rings is 1. The number of ether oxygens (including phenoxy) is 2. The molecule has 0 radical (unpaired) electrons. The first-order chi connectivity index (χ1) is 17.5. The van der Waals surface area contributed by atoms with Gasteiger partial charge in [-0.25, -0.2) is 4.39 Å². The number of carboxylic acid groups (broad SMARTS) is 1. The van der Waals surface area contributed by atoms with Gasteiger partial charge in [-0.15, -0.1) is 0 Å². The van der Waals surface area contributed by atoms with Gasteiger partial charge in [-0.3, -0.25) is 9.78 Å². The average molecular weight is 495 g/mol. The molecule has 0 aliphatic carbocycles. The maximum atomic E-state index is 15.4. The topological polar surface area (TPSA) is 71.9 Å². The average Bonchev–Trinajstić information content (AvgIpc) is 2.91. The second-order valence-corrected chi connectivity index (χ2v) is 9.57.